The Morgan fingerprint density at radius 1 is 1.12 bits per heavy atom. The van der Waals surface area contributed by atoms with Crippen LogP contribution in [-0.2, 0) is 0 Å². The normalized spacial score (nSPS) is 10.0. The van der Waals surface area contributed by atoms with Gasteiger partial charge < -0.3 is 11.5 Å². The summed E-state index contributed by atoms with van der Waals surface area (Å²) >= 11 is 0. The number of anilines is 1. The molecule has 0 fully saturated rings. The highest BCUT2D eigenvalue weighted by molar-refractivity contribution is 5.97. The molecule has 4 N–H and O–H groups in total. The highest BCUT2D eigenvalue weighted by atomic mass is 16.1. The van der Waals surface area contributed by atoms with Gasteiger partial charge in [0.15, 0.2) is 0 Å². The maximum atomic E-state index is 11.0. The summed E-state index contributed by atoms with van der Waals surface area (Å²) in [5.41, 5.74) is 12.6. The molecule has 2 rings (SSSR count). The second-order valence-corrected chi connectivity index (χ2v) is 3.23. The van der Waals surface area contributed by atoms with Crippen molar-refractivity contribution in [2.75, 3.05) is 5.73 Å². The number of pyridine rings is 2. The number of aromatic nitrogens is 2. The van der Waals surface area contributed by atoms with Crippen LogP contribution in [0.15, 0.2) is 36.7 Å². The van der Waals surface area contributed by atoms with Crippen LogP contribution in [0.1, 0.15) is 10.4 Å². The molecule has 0 spiro atoms. The zero-order chi connectivity index (χ0) is 11.5. The lowest BCUT2D eigenvalue weighted by atomic mass is 10.1. The molecule has 2 aromatic heterocycles. The number of rotatable bonds is 2. The molecule has 0 saturated carbocycles. The molecule has 0 atom stereocenters. The lowest BCUT2D eigenvalue weighted by molar-refractivity contribution is 0.100. The van der Waals surface area contributed by atoms with E-state index in [-0.39, 0.29) is 11.4 Å². The van der Waals surface area contributed by atoms with Gasteiger partial charge in [0.05, 0.1) is 11.3 Å². The third kappa shape index (κ3) is 1.83. The number of carbonyl (C=O) groups is 1. The third-order valence-electron chi connectivity index (χ3n) is 2.17. The lowest BCUT2D eigenvalue weighted by Gasteiger charge is -2.04. The van der Waals surface area contributed by atoms with Crippen molar-refractivity contribution in [3.05, 3.63) is 42.2 Å². The topological polar surface area (TPSA) is 94.9 Å². The van der Waals surface area contributed by atoms with E-state index in [1.165, 1.54) is 0 Å². The molecular formula is C11H10N4O. The van der Waals surface area contributed by atoms with Gasteiger partial charge in [-0.15, -0.1) is 0 Å². The molecule has 0 bridgehead atoms. The Kier molecular flexibility index (Phi) is 2.51. The summed E-state index contributed by atoms with van der Waals surface area (Å²) in [6, 6.07) is 6.89. The van der Waals surface area contributed by atoms with E-state index in [1.54, 1.807) is 24.5 Å². The van der Waals surface area contributed by atoms with Crippen molar-refractivity contribution in [1.82, 2.24) is 9.97 Å². The van der Waals surface area contributed by atoms with Gasteiger partial charge in [-0.1, -0.05) is 0 Å². The molecule has 1 amide bonds. The van der Waals surface area contributed by atoms with Crippen LogP contribution in [0.25, 0.3) is 11.3 Å². The summed E-state index contributed by atoms with van der Waals surface area (Å²) in [6.07, 6.45) is 3.32. The summed E-state index contributed by atoms with van der Waals surface area (Å²) in [5.74, 6) is -0.437. The molecule has 5 nitrogen and oxygen atoms in total. The summed E-state index contributed by atoms with van der Waals surface area (Å²) in [4.78, 5) is 19.0. The molecule has 0 aliphatic carbocycles. The van der Waals surface area contributed by atoms with Crippen molar-refractivity contribution in [3.63, 3.8) is 0 Å². The minimum Gasteiger partial charge on any atom is -0.383 e. The largest absolute Gasteiger partial charge is 0.383 e. The maximum absolute atomic E-state index is 11.0. The van der Waals surface area contributed by atoms with Gasteiger partial charge in [0.1, 0.15) is 5.82 Å². The van der Waals surface area contributed by atoms with Gasteiger partial charge in [-0.05, 0) is 24.3 Å². The van der Waals surface area contributed by atoms with Gasteiger partial charge in [-0.3, -0.25) is 9.78 Å². The summed E-state index contributed by atoms with van der Waals surface area (Å²) in [6.45, 7) is 0. The Bertz CT molecular complexity index is 525. The van der Waals surface area contributed by atoms with Crippen LogP contribution in [0.2, 0.25) is 0 Å². The maximum Gasteiger partial charge on any atom is 0.252 e. The molecule has 2 heterocycles. The second kappa shape index (κ2) is 3.98. The monoisotopic (exact) mass is 214 g/mol. The van der Waals surface area contributed by atoms with Crippen molar-refractivity contribution in [2.24, 2.45) is 5.73 Å². The number of primary amides is 1. The van der Waals surface area contributed by atoms with E-state index in [4.69, 9.17) is 11.5 Å². The predicted molar refractivity (Wildman–Crippen MR) is 60.4 cm³/mol. The first-order valence-corrected chi connectivity index (χ1v) is 4.65. The number of nitrogens with zero attached hydrogens (tertiary/aromatic N) is 2. The first-order chi connectivity index (χ1) is 7.68. The van der Waals surface area contributed by atoms with E-state index in [0.717, 1.165) is 5.56 Å². The Hall–Kier alpha value is -2.43. The van der Waals surface area contributed by atoms with Crippen LogP contribution >= 0.6 is 0 Å². The molecular weight excluding hydrogens is 204 g/mol. The molecule has 0 radical (unpaired) electrons. The van der Waals surface area contributed by atoms with E-state index in [0.29, 0.717) is 5.69 Å². The number of amides is 1. The molecule has 0 unspecified atom stereocenters. The van der Waals surface area contributed by atoms with E-state index in [2.05, 4.69) is 9.97 Å². The van der Waals surface area contributed by atoms with Crippen LogP contribution in [0.3, 0.4) is 0 Å². The van der Waals surface area contributed by atoms with Gasteiger partial charge in [0.2, 0.25) is 0 Å². The smallest absolute Gasteiger partial charge is 0.252 e. The SMILES string of the molecule is NC(=O)c1ccc(-c2ccncc2)nc1N. The zero-order valence-corrected chi connectivity index (χ0v) is 8.42. The van der Waals surface area contributed by atoms with Crippen LogP contribution in [0, 0.1) is 0 Å². The molecule has 0 aliphatic heterocycles. The van der Waals surface area contributed by atoms with Gasteiger partial charge in [-0.25, -0.2) is 4.98 Å². The minimum absolute atomic E-state index is 0.141. The summed E-state index contributed by atoms with van der Waals surface area (Å²) in [7, 11) is 0. The average molecular weight is 214 g/mol. The van der Waals surface area contributed by atoms with Crippen molar-refractivity contribution in [2.45, 2.75) is 0 Å². The molecule has 0 saturated heterocycles. The average Bonchev–Trinajstić information content (AvgIpc) is 2.29. The summed E-state index contributed by atoms with van der Waals surface area (Å²) < 4.78 is 0. The van der Waals surface area contributed by atoms with E-state index < -0.39 is 5.91 Å². The third-order valence-corrected chi connectivity index (χ3v) is 2.17. The van der Waals surface area contributed by atoms with Crippen molar-refractivity contribution < 1.29 is 4.79 Å². The van der Waals surface area contributed by atoms with Gasteiger partial charge in [0, 0.05) is 18.0 Å². The first-order valence-electron chi connectivity index (χ1n) is 4.65. The number of nitrogens with two attached hydrogens (primary N) is 2. The minimum atomic E-state index is -0.578. The van der Waals surface area contributed by atoms with Gasteiger partial charge >= 0.3 is 0 Å². The fourth-order valence-corrected chi connectivity index (χ4v) is 1.37. The molecule has 16 heavy (non-hydrogen) atoms. The van der Waals surface area contributed by atoms with Crippen molar-refractivity contribution in [1.29, 1.82) is 0 Å². The van der Waals surface area contributed by atoms with Crippen molar-refractivity contribution in [3.8, 4) is 11.3 Å². The van der Waals surface area contributed by atoms with Crippen molar-refractivity contribution >= 4 is 11.7 Å². The van der Waals surface area contributed by atoms with E-state index >= 15 is 0 Å². The van der Waals surface area contributed by atoms with Gasteiger partial charge in [0.25, 0.3) is 5.91 Å². The molecule has 0 aliphatic rings. The quantitative estimate of drug-likeness (QED) is 0.773. The Labute approximate surface area is 92.1 Å². The number of hydrogen-bond donors (Lipinski definition) is 2. The van der Waals surface area contributed by atoms with E-state index in [1.807, 2.05) is 12.1 Å². The van der Waals surface area contributed by atoms with Crippen LogP contribution in [-0.4, -0.2) is 15.9 Å². The predicted octanol–water partition coefficient (Wildman–Crippen LogP) is 0.825. The fraction of sp³-hybridized carbons (Fsp3) is 0. The Balaban J connectivity index is 2.46. The standard InChI is InChI=1S/C11H10N4O/c12-10-8(11(13)16)1-2-9(15-10)7-3-5-14-6-4-7/h1-6H,(H2,12,15)(H2,13,16). The Morgan fingerprint density at radius 3 is 2.38 bits per heavy atom. The highest BCUT2D eigenvalue weighted by Gasteiger charge is 2.08. The van der Waals surface area contributed by atoms with Crippen LogP contribution < -0.4 is 11.5 Å². The highest BCUT2D eigenvalue weighted by Crippen LogP contribution is 2.18. The number of carbonyl (C=O) groups excluding carboxylic acids is 1. The molecule has 2 aromatic rings. The molecule has 5 heteroatoms. The van der Waals surface area contributed by atoms with Gasteiger partial charge in [-0.2, -0.15) is 0 Å². The number of hydrogen-bond acceptors (Lipinski definition) is 4. The zero-order valence-electron chi connectivity index (χ0n) is 8.42. The van der Waals surface area contributed by atoms with E-state index in [9.17, 15) is 4.79 Å². The Morgan fingerprint density at radius 2 is 1.81 bits per heavy atom. The summed E-state index contributed by atoms with van der Waals surface area (Å²) in [5, 5.41) is 0. The molecule has 0 aromatic carbocycles. The fourth-order valence-electron chi connectivity index (χ4n) is 1.37. The van der Waals surface area contributed by atoms with Crippen LogP contribution in [0.4, 0.5) is 5.82 Å². The second-order valence-electron chi connectivity index (χ2n) is 3.23. The number of nitrogen functional groups attached to an aromatic ring is 1. The lowest BCUT2D eigenvalue weighted by Crippen LogP contribution is -2.14. The van der Waals surface area contributed by atoms with Crippen LogP contribution in [0.5, 0.6) is 0 Å². The molecule has 80 valence electrons. The first kappa shape index (κ1) is 10.1.